The lowest BCUT2D eigenvalue weighted by molar-refractivity contribution is 0.00491. The first-order valence-corrected chi connectivity index (χ1v) is 10.2. The van der Waals surface area contributed by atoms with Crippen molar-refractivity contribution in [3.8, 4) is 0 Å². The highest BCUT2D eigenvalue weighted by molar-refractivity contribution is 9.11. The number of rotatable bonds is 3. The van der Waals surface area contributed by atoms with Crippen molar-refractivity contribution in [2.24, 2.45) is 0 Å². The van der Waals surface area contributed by atoms with Crippen molar-refractivity contribution in [3.63, 3.8) is 0 Å². The highest BCUT2D eigenvalue weighted by Gasteiger charge is 2.37. The molecule has 26 heavy (non-hydrogen) atoms. The normalized spacial score (nSPS) is 20.8. The third-order valence-corrected chi connectivity index (χ3v) is 5.23. The van der Waals surface area contributed by atoms with Crippen molar-refractivity contribution in [1.29, 1.82) is 0 Å². The Bertz CT molecular complexity index is 644. The second-order valence-corrected chi connectivity index (χ2v) is 9.97. The average Bonchev–Trinajstić information content (AvgIpc) is 2.91. The summed E-state index contributed by atoms with van der Waals surface area (Å²) in [5, 5.41) is 3.69. The van der Waals surface area contributed by atoms with Gasteiger partial charge in [-0.2, -0.15) is 0 Å². The Morgan fingerprint density at radius 2 is 2.08 bits per heavy atom. The summed E-state index contributed by atoms with van der Waals surface area (Å²) in [7, 11) is 0. The summed E-state index contributed by atoms with van der Waals surface area (Å²) in [6, 6.07) is -0.353. The maximum absolute atomic E-state index is 12.7. The minimum Gasteiger partial charge on any atom is -0.447 e. The second kappa shape index (κ2) is 8.56. The summed E-state index contributed by atoms with van der Waals surface area (Å²) in [5.41, 5.74) is -0.595. The largest absolute Gasteiger partial charge is 0.447 e. The summed E-state index contributed by atoms with van der Waals surface area (Å²) in [6.45, 7) is 9.44. The average molecular weight is 448 g/mol. The summed E-state index contributed by atoms with van der Waals surface area (Å²) in [4.78, 5) is 30.7. The molecule has 1 N–H and O–H groups in total. The lowest BCUT2D eigenvalue weighted by Crippen LogP contribution is -2.52. The summed E-state index contributed by atoms with van der Waals surface area (Å²) in [5.74, 6) is 0. The van der Waals surface area contributed by atoms with Gasteiger partial charge in [0, 0.05) is 6.54 Å². The highest BCUT2D eigenvalue weighted by Crippen LogP contribution is 2.35. The molecule has 1 aromatic rings. The van der Waals surface area contributed by atoms with E-state index in [1.165, 1.54) is 11.3 Å². The van der Waals surface area contributed by atoms with Gasteiger partial charge in [0.2, 0.25) is 0 Å². The third-order valence-electron chi connectivity index (χ3n) is 3.66. The topological polar surface area (TPSA) is 80.8 Å². The van der Waals surface area contributed by atoms with Crippen LogP contribution in [0.5, 0.6) is 0 Å². The summed E-state index contributed by atoms with van der Waals surface area (Å²) in [6.07, 6.45) is 2.08. The number of ether oxygens (including phenoxy) is 2. The highest BCUT2D eigenvalue weighted by atomic mass is 79.9. The number of piperidine rings is 1. The molecule has 1 aromatic heterocycles. The number of carbonyl (C=O) groups is 2. The number of aromatic nitrogens is 1. The van der Waals surface area contributed by atoms with E-state index in [2.05, 4.69) is 26.2 Å². The first-order valence-electron chi connectivity index (χ1n) is 8.63. The predicted octanol–water partition coefficient (Wildman–Crippen LogP) is 4.48. The number of alkyl carbamates (subject to hydrolysis) is 1. The van der Waals surface area contributed by atoms with E-state index in [1.54, 1.807) is 24.9 Å². The molecule has 1 aliphatic heterocycles. The summed E-state index contributed by atoms with van der Waals surface area (Å²) < 4.78 is 11.6. The van der Waals surface area contributed by atoms with Crippen LogP contribution in [0.15, 0.2) is 9.98 Å². The number of hydrogen-bond donors (Lipinski definition) is 1. The molecule has 1 fully saturated rings. The molecule has 0 saturated carbocycles. The minimum absolute atomic E-state index is 0.166. The maximum Gasteiger partial charge on any atom is 0.410 e. The second-order valence-electron chi connectivity index (χ2n) is 7.52. The van der Waals surface area contributed by atoms with E-state index in [4.69, 9.17) is 9.47 Å². The first kappa shape index (κ1) is 21.0. The fourth-order valence-electron chi connectivity index (χ4n) is 2.70. The molecule has 1 saturated heterocycles. The van der Waals surface area contributed by atoms with Crippen LogP contribution in [0.1, 0.15) is 58.5 Å². The SMILES string of the molecule is CC(C)OC(=O)NC1CC[C@@H](c2ncc(Br)s2)N(C(=O)OC(C)(C)C)C1. The van der Waals surface area contributed by atoms with Gasteiger partial charge in [-0.1, -0.05) is 0 Å². The van der Waals surface area contributed by atoms with Gasteiger partial charge in [-0.25, -0.2) is 14.6 Å². The Hall–Kier alpha value is -1.35. The molecular weight excluding hydrogens is 422 g/mol. The smallest absolute Gasteiger partial charge is 0.410 e. The van der Waals surface area contributed by atoms with Crippen LogP contribution in [0.25, 0.3) is 0 Å². The molecule has 2 heterocycles. The van der Waals surface area contributed by atoms with E-state index >= 15 is 0 Å². The van der Waals surface area contributed by atoms with Gasteiger partial charge < -0.3 is 14.8 Å². The Labute approximate surface area is 166 Å². The number of likely N-dealkylation sites (tertiary alicyclic amines) is 1. The van der Waals surface area contributed by atoms with E-state index in [1.807, 2.05) is 20.8 Å². The lowest BCUT2D eigenvalue weighted by Gasteiger charge is -2.39. The first-order chi connectivity index (χ1) is 12.0. The van der Waals surface area contributed by atoms with E-state index in [0.717, 1.165) is 15.2 Å². The van der Waals surface area contributed by atoms with Crippen LogP contribution < -0.4 is 5.32 Å². The van der Waals surface area contributed by atoms with Gasteiger partial charge in [0.1, 0.15) is 10.6 Å². The standard InChI is InChI=1S/C17H26BrN3O4S/c1-10(2)24-15(22)20-11-6-7-12(14-19-8-13(18)26-14)21(9-11)16(23)25-17(3,4)5/h8,10-12H,6-7,9H2,1-5H3,(H,20,22)/t11?,12-/m0/s1. The number of nitrogens with zero attached hydrogens (tertiary/aromatic N) is 2. The van der Waals surface area contributed by atoms with Gasteiger partial charge >= 0.3 is 12.2 Å². The van der Waals surface area contributed by atoms with Gasteiger partial charge in [-0.05, 0) is 63.4 Å². The van der Waals surface area contributed by atoms with Gasteiger partial charge in [0.15, 0.2) is 0 Å². The van der Waals surface area contributed by atoms with E-state index in [9.17, 15) is 9.59 Å². The van der Waals surface area contributed by atoms with Crippen LogP contribution in [-0.4, -0.2) is 46.4 Å². The molecule has 9 heteroatoms. The lowest BCUT2D eigenvalue weighted by atomic mass is 9.99. The number of hydrogen-bond acceptors (Lipinski definition) is 6. The molecule has 0 bridgehead atoms. The monoisotopic (exact) mass is 447 g/mol. The van der Waals surface area contributed by atoms with E-state index < -0.39 is 17.8 Å². The molecule has 2 rings (SSSR count). The minimum atomic E-state index is -0.595. The number of amides is 2. The molecule has 146 valence electrons. The van der Waals surface area contributed by atoms with Gasteiger partial charge in [0.05, 0.1) is 28.2 Å². The molecule has 7 nitrogen and oxygen atoms in total. The van der Waals surface area contributed by atoms with E-state index in [-0.39, 0.29) is 18.2 Å². The predicted molar refractivity (Wildman–Crippen MR) is 103 cm³/mol. The van der Waals surface area contributed by atoms with Crippen molar-refractivity contribution in [2.45, 2.75) is 71.2 Å². The molecule has 2 atom stereocenters. The maximum atomic E-state index is 12.7. The van der Waals surface area contributed by atoms with E-state index in [0.29, 0.717) is 13.0 Å². The molecule has 2 amide bonds. The number of nitrogens with one attached hydrogen (secondary N) is 1. The Morgan fingerprint density at radius 3 is 2.62 bits per heavy atom. The Balaban J connectivity index is 2.13. The van der Waals surface area contributed by atoms with Crippen molar-refractivity contribution in [1.82, 2.24) is 15.2 Å². The number of halogens is 1. The van der Waals surface area contributed by atoms with Crippen LogP contribution in [0.3, 0.4) is 0 Å². The van der Waals surface area contributed by atoms with Crippen molar-refractivity contribution in [2.75, 3.05) is 6.54 Å². The zero-order chi connectivity index (χ0) is 19.5. The zero-order valence-corrected chi connectivity index (χ0v) is 18.1. The van der Waals surface area contributed by atoms with Crippen LogP contribution in [0.2, 0.25) is 0 Å². The quantitative estimate of drug-likeness (QED) is 0.738. The van der Waals surface area contributed by atoms with Gasteiger partial charge in [-0.15, -0.1) is 11.3 Å². The molecule has 0 aromatic carbocycles. The Morgan fingerprint density at radius 1 is 1.38 bits per heavy atom. The van der Waals surface area contributed by atoms with Crippen LogP contribution >= 0.6 is 27.3 Å². The van der Waals surface area contributed by atoms with Crippen molar-refractivity contribution in [3.05, 3.63) is 15.0 Å². The molecule has 0 radical (unpaired) electrons. The van der Waals surface area contributed by atoms with Crippen molar-refractivity contribution >= 4 is 39.5 Å². The van der Waals surface area contributed by atoms with Gasteiger partial charge in [-0.3, -0.25) is 4.90 Å². The molecule has 0 aliphatic carbocycles. The van der Waals surface area contributed by atoms with Crippen LogP contribution in [0, 0.1) is 0 Å². The van der Waals surface area contributed by atoms with Crippen LogP contribution in [0.4, 0.5) is 9.59 Å². The van der Waals surface area contributed by atoms with Crippen molar-refractivity contribution < 1.29 is 19.1 Å². The fourth-order valence-corrected chi connectivity index (χ4v) is 4.10. The molecule has 0 spiro atoms. The van der Waals surface area contributed by atoms with Gasteiger partial charge in [0.25, 0.3) is 0 Å². The molecule has 1 aliphatic rings. The van der Waals surface area contributed by atoms with Crippen LogP contribution in [-0.2, 0) is 9.47 Å². The number of carbonyl (C=O) groups excluding carboxylic acids is 2. The fraction of sp³-hybridized carbons (Fsp3) is 0.706. The third kappa shape index (κ3) is 6.12. The number of thiazole rings is 1. The summed E-state index contributed by atoms with van der Waals surface area (Å²) >= 11 is 4.92. The molecule has 1 unspecified atom stereocenters. The zero-order valence-electron chi connectivity index (χ0n) is 15.7. The Kier molecular flexibility index (Phi) is 6.90. The molecular formula is C17H26BrN3O4S.